The second-order valence-electron chi connectivity index (χ2n) is 9.59. The molecule has 4 aromatic rings. The van der Waals surface area contributed by atoms with Gasteiger partial charge in [-0.05, 0) is 48.9 Å². The van der Waals surface area contributed by atoms with E-state index in [1.54, 1.807) is 0 Å². The van der Waals surface area contributed by atoms with Gasteiger partial charge in [-0.3, -0.25) is 9.88 Å². The van der Waals surface area contributed by atoms with Crippen LogP contribution in [0.5, 0.6) is 0 Å². The predicted molar refractivity (Wildman–Crippen MR) is 135 cm³/mol. The molecule has 4 heterocycles. The number of ether oxygens (including phenoxy) is 1. The minimum Gasteiger partial charge on any atom is -0.381 e. The Bertz CT molecular complexity index is 1250. The maximum atomic E-state index is 5.65. The lowest BCUT2D eigenvalue weighted by molar-refractivity contribution is 0.0821. The first-order chi connectivity index (χ1) is 16.8. The molecule has 2 aliphatic heterocycles. The van der Waals surface area contributed by atoms with Gasteiger partial charge in [0.15, 0.2) is 0 Å². The molecule has 0 bridgehead atoms. The number of fused-ring (bicyclic) bond motifs is 2. The van der Waals surface area contributed by atoms with Gasteiger partial charge in [-0.15, -0.1) is 0 Å². The summed E-state index contributed by atoms with van der Waals surface area (Å²) in [5.74, 6) is 1.82. The number of aryl methyl sites for hydroxylation is 2. The van der Waals surface area contributed by atoms with Gasteiger partial charge in [0.25, 0.3) is 0 Å². The van der Waals surface area contributed by atoms with E-state index >= 15 is 0 Å². The van der Waals surface area contributed by atoms with E-state index in [1.165, 1.54) is 33.7 Å². The summed E-state index contributed by atoms with van der Waals surface area (Å²) in [4.78, 5) is 12.4. The van der Waals surface area contributed by atoms with E-state index < -0.39 is 0 Å². The van der Waals surface area contributed by atoms with Gasteiger partial charge in [0.2, 0.25) is 0 Å². The van der Waals surface area contributed by atoms with Crippen LogP contribution in [-0.2, 0) is 37.2 Å². The Morgan fingerprint density at radius 2 is 1.76 bits per heavy atom. The highest BCUT2D eigenvalue weighted by molar-refractivity contribution is 5.81. The first kappa shape index (κ1) is 21.5. The second-order valence-corrected chi connectivity index (χ2v) is 9.59. The fourth-order valence-electron chi connectivity index (χ4n) is 5.57. The van der Waals surface area contributed by atoms with Crippen LogP contribution in [-0.4, -0.2) is 39.2 Å². The number of rotatable bonds is 6. The van der Waals surface area contributed by atoms with E-state index in [0.717, 1.165) is 70.6 Å². The number of nitrogens with zero attached hydrogens (tertiary/aromatic N) is 4. The van der Waals surface area contributed by atoms with Gasteiger partial charge in [-0.2, -0.15) is 0 Å². The number of benzene rings is 2. The topological polar surface area (TPSA) is 43.2 Å². The van der Waals surface area contributed by atoms with Crippen molar-refractivity contribution in [1.29, 1.82) is 0 Å². The molecule has 0 aliphatic carbocycles. The number of hydrogen-bond donors (Lipinski definition) is 0. The third kappa shape index (κ3) is 4.38. The monoisotopic (exact) mass is 452 g/mol. The van der Waals surface area contributed by atoms with Crippen molar-refractivity contribution < 1.29 is 4.74 Å². The quantitative estimate of drug-likeness (QED) is 0.407. The summed E-state index contributed by atoms with van der Waals surface area (Å²) in [6, 6.07) is 21.5. The van der Waals surface area contributed by atoms with Gasteiger partial charge in [-0.1, -0.05) is 48.5 Å². The highest BCUT2D eigenvalue weighted by Crippen LogP contribution is 2.31. The molecule has 0 atom stereocenters. The summed E-state index contributed by atoms with van der Waals surface area (Å²) >= 11 is 0. The van der Waals surface area contributed by atoms with Crippen LogP contribution >= 0.6 is 0 Å². The number of pyridine rings is 1. The lowest BCUT2D eigenvalue weighted by Gasteiger charge is -2.31. The molecule has 0 saturated carbocycles. The van der Waals surface area contributed by atoms with Crippen LogP contribution < -0.4 is 0 Å². The predicted octanol–water partition coefficient (Wildman–Crippen LogP) is 5.13. The number of hydrogen-bond acceptors (Lipinski definition) is 4. The molecule has 6 rings (SSSR count). The molecule has 0 amide bonds. The van der Waals surface area contributed by atoms with Crippen molar-refractivity contribution in [2.75, 3.05) is 19.8 Å². The Balaban J connectivity index is 1.27. The minimum atomic E-state index is 0.522. The van der Waals surface area contributed by atoms with Gasteiger partial charge < -0.3 is 9.30 Å². The molecule has 2 aliphatic rings. The average molecular weight is 453 g/mol. The molecule has 0 unspecified atom stereocenters. The smallest absolute Gasteiger partial charge is 0.112 e. The van der Waals surface area contributed by atoms with Crippen molar-refractivity contribution in [1.82, 2.24) is 19.4 Å². The van der Waals surface area contributed by atoms with Crippen molar-refractivity contribution >= 4 is 10.9 Å². The van der Waals surface area contributed by atoms with Crippen molar-refractivity contribution in [3.63, 3.8) is 0 Å². The Morgan fingerprint density at radius 3 is 2.65 bits per heavy atom. The molecule has 34 heavy (non-hydrogen) atoms. The van der Waals surface area contributed by atoms with Gasteiger partial charge in [0.05, 0.1) is 16.9 Å². The van der Waals surface area contributed by atoms with Crippen LogP contribution in [0.1, 0.15) is 47.1 Å². The first-order valence-corrected chi connectivity index (χ1v) is 12.6. The Kier molecular flexibility index (Phi) is 6.13. The van der Waals surface area contributed by atoms with Gasteiger partial charge >= 0.3 is 0 Å². The van der Waals surface area contributed by atoms with Crippen LogP contribution in [0.25, 0.3) is 10.9 Å². The van der Waals surface area contributed by atoms with E-state index in [1.807, 2.05) is 12.3 Å². The van der Waals surface area contributed by atoms with Crippen molar-refractivity contribution in [3.05, 3.63) is 95.2 Å². The summed E-state index contributed by atoms with van der Waals surface area (Å²) in [6.45, 7) is 5.68. The lowest BCUT2D eigenvalue weighted by Crippen LogP contribution is -2.34. The fourth-order valence-corrected chi connectivity index (χ4v) is 5.57. The first-order valence-electron chi connectivity index (χ1n) is 12.6. The molecule has 2 aromatic heterocycles. The molecule has 0 N–H and O–H groups in total. The lowest BCUT2D eigenvalue weighted by atomic mass is 9.99. The van der Waals surface area contributed by atoms with Crippen LogP contribution in [0.4, 0.5) is 0 Å². The molecular weight excluding hydrogens is 420 g/mol. The molecular formula is C29H32N4O. The molecule has 1 saturated heterocycles. The van der Waals surface area contributed by atoms with E-state index in [2.05, 4.69) is 69.0 Å². The van der Waals surface area contributed by atoms with Crippen LogP contribution in [0.3, 0.4) is 0 Å². The normalized spacial score (nSPS) is 17.2. The van der Waals surface area contributed by atoms with Crippen molar-refractivity contribution in [3.8, 4) is 0 Å². The number of imidazole rings is 1. The Labute approximate surface area is 201 Å². The van der Waals surface area contributed by atoms with E-state index in [9.17, 15) is 0 Å². The van der Waals surface area contributed by atoms with E-state index in [-0.39, 0.29) is 0 Å². The highest BCUT2D eigenvalue weighted by atomic mass is 16.5. The van der Waals surface area contributed by atoms with E-state index in [0.29, 0.717) is 5.92 Å². The Morgan fingerprint density at radius 1 is 0.882 bits per heavy atom. The fraction of sp³-hybridized carbons (Fsp3) is 0.379. The van der Waals surface area contributed by atoms with Crippen molar-refractivity contribution in [2.24, 2.45) is 0 Å². The van der Waals surface area contributed by atoms with E-state index in [4.69, 9.17) is 9.72 Å². The summed E-state index contributed by atoms with van der Waals surface area (Å²) in [5, 5.41) is 1.26. The van der Waals surface area contributed by atoms with Crippen LogP contribution in [0.2, 0.25) is 0 Å². The summed E-state index contributed by atoms with van der Waals surface area (Å²) < 4.78 is 8.20. The Hall–Kier alpha value is -3.02. The van der Waals surface area contributed by atoms with Crippen LogP contribution in [0.15, 0.2) is 66.9 Å². The summed E-state index contributed by atoms with van der Waals surface area (Å²) in [6.07, 6.45) is 6.08. The third-order valence-electron chi connectivity index (χ3n) is 7.41. The van der Waals surface area contributed by atoms with Gasteiger partial charge in [0.1, 0.15) is 5.82 Å². The standard InChI is InChI=1S/C29H32N4O/c1-2-6-22(7-3-1)11-12-27-28-21-32(20-24-8-4-10-26-25(24)9-5-15-30-26)16-17-33(28)29(31-27)23-13-18-34-19-14-23/h1-10,15,23H,11-14,16-21H2. The highest BCUT2D eigenvalue weighted by Gasteiger charge is 2.29. The number of aromatic nitrogens is 3. The zero-order valence-electron chi connectivity index (χ0n) is 19.7. The molecule has 0 spiro atoms. The molecule has 5 heteroatoms. The maximum absolute atomic E-state index is 5.65. The third-order valence-corrected chi connectivity index (χ3v) is 7.41. The molecule has 5 nitrogen and oxygen atoms in total. The largest absolute Gasteiger partial charge is 0.381 e. The van der Waals surface area contributed by atoms with Gasteiger partial charge in [-0.25, -0.2) is 4.98 Å². The average Bonchev–Trinajstić information content (AvgIpc) is 3.27. The molecule has 2 aromatic carbocycles. The molecule has 0 radical (unpaired) electrons. The summed E-state index contributed by atoms with van der Waals surface area (Å²) in [7, 11) is 0. The zero-order valence-corrected chi connectivity index (χ0v) is 19.7. The van der Waals surface area contributed by atoms with Crippen LogP contribution in [0, 0.1) is 0 Å². The zero-order chi connectivity index (χ0) is 22.7. The SMILES string of the molecule is c1ccc(CCc2nc(C3CCOCC3)n3c2CN(Cc2cccc4ncccc24)CC3)cc1. The molecule has 174 valence electrons. The maximum Gasteiger partial charge on any atom is 0.112 e. The minimum absolute atomic E-state index is 0.522. The van der Waals surface area contributed by atoms with Crippen molar-refractivity contribution in [2.45, 2.75) is 51.2 Å². The summed E-state index contributed by atoms with van der Waals surface area (Å²) in [5.41, 5.74) is 6.52. The van der Waals surface area contributed by atoms with Gasteiger partial charge in [0, 0.05) is 56.9 Å². The molecule has 1 fully saturated rings. The second kappa shape index (κ2) is 9.69.